The third kappa shape index (κ3) is 2.31. The van der Waals surface area contributed by atoms with Gasteiger partial charge in [0.2, 0.25) is 0 Å². The maximum absolute atomic E-state index is 12.7. The minimum absolute atomic E-state index is 0.0537. The van der Waals surface area contributed by atoms with Gasteiger partial charge in [0.1, 0.15) is 5.65 Å². The van der Waals surface area contributed by atoms with E-state index in [-0.39, 0.29) is 22.2 Å². The number of pyridine rings is 1. The van der Waals surface area contributed by atoms with E-state index in [1.165, 1.54) is 6.92 Å². The van der Waals surface area contributed by atoms with Crippen LogP contribution in [0.3, 0.4) is 0 Å². The van der Waals surface area contributed by atoms with Crippen LogP contribution in [0.5, 0.6) is 0 Å². The molecule has 0 amide bonds. The summed E-state index contributed by atoms with van der Waals surface area (Å²) in [6.07, 6.45) is -3.90. The van der Waals surface area contributed by atoms with Gasteiger partial charge >= 0.3 is 6.18 Å². The summed E-state index contributed by atoms with van der Waals surface area (Å²) in [4.78, 5) is 3.85. The highest BCUT2D eigenvalue weighted by atomic mass is 32.2. The molecule has 0 aliphatic carbocycles. The predicted molar refractivity (Wildman–Crippen MR) is 65.7 cm³/mol. The molecule has 2 aromatic heterocycles. The lowest BCUT2D eigenvalue weighted by Crippen LogP contribution is -2.15. The number of rotatable bonds is 3. The largest absolute Gasteiger partial charge is 0.417 e. The normalized spacial score (nSPS) is 12.8. The zero-order valence-corrected chi connectivity index (χ0v) is 11.1. The van der Waals surface area contributed by atoms with E-state index in [0.29, 0.717) is 6.20 Å². The average Bonchev–Trinajstić information content (AvgIpc) is 2.75. The molecule has 0 saturated carbocycles. The van der Waals surface area contributed by atoms with Crippen molar-refractivity contribution in [1.29, 1.82) is 0 Å². The molecule has 0 atom stereocenters. The van der Waals surface area contributed by atoms with Gasteiger partial charge in [-0.1, -0.05) is 6.92 Å². The Balaban J connectivity index is 2.83. The second-order valence-corrected chi connectivity index (χ2v) is 6.15. The smallest absolute Gasteiger partial charge is 0.306 e. The maximum Gasteiger partial charge on any atom is 0.417 e. The van der Waals surface area contributed by atoms with Crippen LogP contribution < -0.4 is 11.3 Å². The summed E-state index contributed by atoms with van der Waals surface area (Å²) in [6.45, 7) is 1.38. The van der Waals surface area contributed by atoms with Crippen LogP contribution in [0.15, 0.2) is 23.4 Å². The third-order valence-corrected chi connectivity index (χ3v) is 4.45. The van der Waals surface area contributed by atoms with Crippen LogP contribution in [0, 0.1) is 0 Å². The Morgan fingerprint density at radius 3 is 2.55 bits per heavy atom. The van der Waals surface area contributed by atoms with Crippen LogP contribution in [0.25, 0.3) is 5.65 Å². The Kier molecular flexibility index (Phi) is 3.38. The molecule has 20 heavy (non-hydrogen) atoms. The molecule has 0 spiro atoms. The van der Waals surface area contributed by atoms with Gasteiger partial charge in [0, 0.05) is 6.20 Å². The second kappa shape index (κ2) is 4.63. The summed E-state index contributed by atoms with van der Waals surface area (Å²) in [5.41, 5.74) is 1.17. The number of sulfone groups is 1. The number of nitrogens with zero attached hydrogens (tertiary/aromatic N) is 2. The number of fused-ring (bicyclic) bond motifs is 1. The van der Waals surface area contributed by atoms with Crippen molar-refractivity contribution in [2.75, 3.05) is 11.2 Å². The van der Waals surface area contributed by atoms with E-state index < -0.39 is 21.6 Å². The van der Waals surface area contributed by atoms with E-state index >= 15 is 0 Å². The Labute approximate surface area is 112 Å². The fourth-order valence-electron chi connectivity index (χ4n) is 1.72. The lowest BCUT2D eigenvalue weighted by atomic mass is 10.3. The molecule has 10 heteroatoms. The van der Waals surface area contributed by atoms with E-state index in [4.69, 9.17) is 5.84 Å². The average molecular weight is 308 g/mol. The quantitative estimate of drug-likeness (QED) is 0.661. The van der Waals surface area contributed by atoms with Crippen molar-refractivity contribution in [3.63, 3.8) is 0 Å². The van der Waals surface area contributed by atoms with Gasteiger partial charge in [0.15, 0.2) is 20.7 Å². The number of halogens is 3. The van der Waals surface area contributed by atoms with Gasteiger partial charge in [-0.25, -0.2) is 19.2 Å². The standard InChI is InChI=1S/C10H11F3N4O2S/c1-2-20(18,19)9-8(16-14)15-7-4-3-6(5-17(7)9)10(11,12)13/h3-5,16H,2,14H2,1H3. The predicted octanol–water partition coefficient (Wildman–Crippen LogP) is 1.43. The highest BCUT2D eigenvalue weighted by molar-refractivity contribution is 7.91. The molecule has 0 aliphatic rings. The first-order valence-electron chi connectivity index (χ1n) is 5.49. The fraction of sp³-hybridized carbons (Fsp3) is 0.300. The molecule has 2 aromatic rings. The third-order valence-electron chi connectivity index (χ3n) is 2.71. The number of hydrazine groups is 1. The molecule has 2 heterocycles. The van der Waals surface area contributed by atoms with Crippen LogP contribution >= 0.6 is 0 Å². The Morgan fingerprint density at radius 2 is 2.05 bits per heavy atom. The first-order chi connectivity index (χ1) is 9.20. The van der Waals surface area contributed by atoms with E-state index in [9.17, 15) is 21.6 Å². The van der Waals surface area contributed by atoms with Crippen molar-refractivity contribution < 1.29 is 21.6 Å². The topological polar surface area (TPSA) is 89.5 Å². The van der Waals surface area contributed by atoms with E-state index in [0.717, 1.165) is 16.5 Å². The molecule has 0 radical (unpaired) electrons. The monoisotopic (exact) mass is 308 g/mol. The molecule has 0 aliphatic heterocycles. The number of imidazole rings is 1. The van der Waals surface area contributed by atoms with E-state index in [2.05, 4.69) is 10.4 Å². The number of nitrogens with two attached hydrogens (primary N) is 1. The number of nitrogen functional groups attached to an aromatic ring is 1. The highest BCUT2D eigenvalue weighted by Gasteiger charge is 2.32. The van der Waals surface area contributed by atoms with Crippen molar-refractivity contribution in [1.82, 2.24) is 9.38 Å². The van der Waals surface area contributed by atoms with Gasteiger partial charge in [0.25, 0.3) is 0 Å². The van der Waals surface area contributed by atoms with Crippen LogP contribution in [0.4, 0.5) is 19.0 Å². The molecule has 3 N–H and O–H groups in total. The molecule has 110 valence electrons. The van der Waals surface area contributed by atoms with Crippen molar-refractivity contribution in [3.8, 4) is 0 Å². The second-order valence-electron chi connectivity index (χ2n) is 3.96. The van der Waals surface area contributed by atoms with Gasteiger partial charge in [-0.05, 0) is 12.1 Å². The van der Waals surface area contributed by atoms with Gasteiger partial charge in [-0.3, -0.25) is 4.40 Å². The molecule has 0 saturated heterocycles. The summed E-state index contributed by atoms with van der Waals surface area (Å²) in [6, 6.07) is 1.91. The Bertz CT molecular complexity index is 752. The van der Waals surface area contributed by atoms with Crippen LogP contribution in [-0.4, -0.2) is 23.6 Å². The first-order valence-corrected chi connectivity index (χ1v) is 7.14. The van der Waals surface area contributed by atoms with E-state index in [1.54, 1.807) is 0 Å². The van der Waals surface area contributed by atoms with Gasteiger partial charge in [-0.15, -0.1) is 0 Å². The molecular weight excluding hydrogens is 297 g/mol. The molecule has 0 bridgehead atoms. The number of anilines is 1. The molecule has 6 nitrogen and oxygen atoms in total. The van der Waals surface area contributed by atoms with Gasteiger partial charge in [0.05, 0.1) is 11.3 Å². The zero-order chi connectivity index (χ0) is 15.1. The molecule has 2 rings (SSSR count). The fourth-order valence-corrected chi connectivity index (χ4v) is 2.84. The van der Waals surface area contributed by atoms with E-state index in [1.807, 2.05) is 0 Å². The summed E-state index contributed by atoms with van der Waals surface area (Å²) in [7, 11) is -3.80. The minimum atomic E-state index is -4.58. The van der Waals surface area contributed by atoms with Crippen molar-refractivity contribution in [2.45, 2.75) is 18.1 Å². The van der Waals surface area contributed by atoms with Gasteiger partial charge in [-0.2, -0.15) is 13.2 Å². The Morgan fingerprint density at radius 1 is 1.40 bits per heavy atom. The first kappa shape index (κ1) is 14.6. The number of alkyl halides is 3. The van der Waals surface area contributed by atoms with Crippen LogP contribution in [0.2, 0.25) is 0 Å². The minimum Gasteiger partial charge on any atom is -0.306 e. The number of hydrogen-bond acceptors (Lipinski definition) is 5. The molecule has 0 unspecified atom stereocenters. The number of hydrogen-bond donors (Lipinski definition) is 2. The van der Waals surface area contributed by atoms with Crippen molar-refractivity contribution >= 4 is 21.3 Å². The highest BCUT2D eigenvalue weighted by Crippen LogP contribution is 2.31. The summed E-state index contributed by atoms with van der Waals surface area (Å²) in [5.74, 6) is 4.70. The van der Waals surface area contributed by atoms with Crippen LogP contribution in [-0.2, 0) is 16.0 Å². The van der Waals surface area contributed by atoms with Gasteiger partial charge < -0.3 is 5.43 Å². The summed E-state index contributed by atoms with van der Waals surface area (Å²) < 4.78 is 62.9. The number of aromatic nitrogens is 2. The SMILES string of the molecule is CCS(=O)(=O)c1c(NN)nc2ccc(C(F)(F)F)cn12. The number of nitrogens with one attached hydrogen (secondary N) is 1. The lowest BCUT2D eigenvalue weighted by molar-refractivity contribution is -0.137. The Hall–Kier alpha value is -1.81. The molecule has 0 fully saturated rings. The van der Waals surface area contributed by atoms with Crippen molar-refractivity contribution in [3.05, 3.63) is 23.9 Å². The van der Waals surface area contributed by atoms with Crippen molar-refractivity contribution in [2.24, 2.45) is 5.84 Å². The van der Waals surface area contributed by atoms with Crippen LogP contribution in [0.1, 0.15) is 12.5 Å². The molecular formula is C10H11F3N4O2S. The molecule has 0 aromatic carbocycles. The lowest BCUT2D eigenvalue weighted by Gasteiger charge is -2.08. The zero-order valence-electron chi connectivity index (χ0n) is 10.3. The summed E-state index contributed by atoms with van der Waals surface area (Å²) in [5, 5.41) is -0.386. The maximum atomic E-state index is 12.7. The summed E-state index contributed by atoms with van der Waals surface area (Å²) >= 11 is 0.